The van der Waals surface area contributed by atoms with Crippen LogP contribution in [0.3, 0.4) is 0 Å². The summed E-state index contributed by atoms with van der Waals surface area (Å²) in [6.45, 7) is 5.78. The molecule has 0 amide bonds. The first kappa shape index (κ1) is 13.8. The Bertz CT molecular complexity index is 287. The number of nitriles is 1. The maximum Gasteiger partial charge on any atom is 0.103 e. The van der Waals surface area contributed by atoms with Crippen molar-refractivity contribution in [2.75, 3.05) is 26.7 Å². The van der Waals surface area contributed by atoms with Gasteiger partial charge in [0.25, 0.3) is 0 Å². The predicted octanol–water partition coefficient (Wildman–Crippen LogP) is 2.39. The maximum absolute atomic E-state index is 9.14. The molecule has 2 aliphatic carbocycles. The van der Waals surface area contributed by atoms with Crippen LogP contribution in [-0.2, 0) is 0 Å². The molecule has 3 nitrogen and oxygen atoms in total. The summed E-state index contributed by atoms with van der Waals surface area (Å²) in [5, 5.41) is 12.3. The van der Waals surface area contributed by atoms with Crippen LogP contribution in [0.1, 0.15) is 45.4 Å². The molecule has 2 fully saturated rings. The second kappa shape index (κ2) is 6.04. The average Bonchev–Trinajstić information content (AvgIpc) is 3.24. The van der Waals surface area contributed by atoms with E-state index in [1.165, 1.54) is 45.3 Å². The van der Waals surface area contributed by atoms with Crippen LogP contribution < -0.4 is 5.32 Å². The summed E-state index contributed by atoms with van der Waals surface area (Å²) in [5.74, 6) is 1.96. The van der Waals surface area contributed by atoms with Crippen LogP contribution in [0.5, 0.6) is 0 Å². The van der Waals surface area contributed by atoms with Gasteiger partial charge in [-0.25, -0.2) is 0 Å². The van der Waals surface area contributed by atoms with Crippen LogP contribution >= 0.6 is 0 Å². The third-order valence-corrected chi connectivity index (χ3v) is 4.38. The summed E-state index contributed by atoms with van der Waals surface area (Å²) >= 11 is 0. The molecule has 102 valence electrons. The summed E-state index contributed by atoms with van der Waals surface area (Å²) < 4.78 is 0. The first-order chi connectivity index (χ1) is 8.65. The van der Waals surface area contributed by atoms with Crippen molar-refractivity contribution in [3.05, 3.63) is 0 Å². The quantitative estimate of drug-likeness (QED) is 0.682. The molecule has 0 aliphatic heterocycles. The predicted molar refractivity (Wildman–Crippen MR) is 74.2 cm³/mol. The van der Waals surface area contributed by atoms with Crippen LogP contribution in [0, 0.1) is 23.2 Å². The fourth-order valence-electron chi connectivity index (χ4n) is 2.48. The molecule has 2 aliphatic rings. The van der Waals surface area contributed by atoms with Gasteiger partial charge in [-0.15, -0.1) is 0 Å². The second-order valence-corrected chi connectivity index (χ2v) is 6.44. The van der Waals surface area contributed by atoms with Crippen molar-refractivity contribution in [1.29, 1.82) is 5.26 Å². The fraction of sp³-hybridized carbons (Fsp3) is 0.933. The number of rotatable bonds is 9. The van der Waals surface area contributed by atoms with E-state index in [-0.39, 0.29) is 5.54 Å². The van der Waals surface area contributed by atoms with E-state index in [2.05, 4.69) is 16.3 Å². The smallest absolute Gasteiger partial charge is 0.103 e. The van der Waals surface area contributed by atoms with Crippen molar-refractivity contribution in [3.8, 4) is 6.07 Å². The fourth-order valence-corrected chi connectivity index (χ4v) is 2.48. The first-order valence-electron chi connectivity index (χ1n) is 7.48. The molecule has 0 aromatic rings. The van der Waals surface area contributed by atoms with E-state index in [4.69, 9.17) is 5.26 Å². The number of nitrogens with zero attached hydrogens (tertiary/aromatic N) is 2. The Morgan fingerprint density at radius 1 is 1.22 bits per heavy atom. The monoisotopic (exact) mass is 249 g/mol. The minimum Gasteiger partial charge on any atom is -0.303 e. The SMILES string of the molecule is CNC(C)(C#N)CCCN(CC1CC1)CC1CC1. The van der Waals surface area contributed by atoms with Gasteiger partial charge >= 0.3 is 0 Å². The number of nitrogens with one attached hydrogen (secondary N) is 1. The Balaban J connectivity index is 1.68. The van der Waals surface area contributed by atoms with E-state index in [1.54, 1.807) is 0 Å². The molecular weight excluding hydrogens is 222 g/mol. The Morgan fingerprint density at radius 2 is 1.78 bits per heavy atom. The average molecular weight is 249 g/mol. The summed E-state index contributed by atoms with van der Waals surface area (Å²) in [6, 6.07) is 2.38. The van der Waals surface area contributed by atoms with E-state index in [1.807, 2.05) is 14.0 Å². The van der Waals surface area contributed by atoms with Crippen molar-refractivity contribution in [3.63, 3.8) is 0 Å². The molecule has 1 atom stereocenters. The molecular formula is C15H27N3. The van der Waals surface area contributed by atoms with E-state index in [9.17, 15) is 0 Å². The van der Waals surface area contributed by atoms with Gasteiger partial charge in [0.15, 0.2) is 0 Å². The highest BCUT2D eigenvalue weighted by Gasteiger charge is 2.29. The number of hydrogen-bond acceptors (Lipinski definition) is 3. The van der Waals surface area contributed by atoms with Crippen molar-refractivity contribution in [2.24, 2.45) is 11.8 Å². The molecule has 0 radical (unpaired) electrons. The second-order valence-electron chi connectivity index (χ2n) is 6.44. The topological polar surface area (TPSA) is 39.1 Å². The summed E-state index contributed by atoms with van der Waals surface area (Å²) in [6.07, 6.45) is 7.83. The Hall–Kier alpha value is -0.590. The highest BCUT2D eigenvalue weighted by atomic mass is 15.1. The van der Waals surface area contributed by atoms with E-state index < -0.39 is 0 Å². The van der Waals surface area contributed by atoms with E-state index >= 15 is 0 Å². The molecule has 0 heterocycles. The Morgan fingerprint density at radius 3 is 2.17 bits per heavy atom. The lowest BCUT2D eigenvalue weighted by atomic mass is 9.98. The molecule has 0 aromatic heterocycles. The number of hydrogen-bond donors (Lipinski definition) is 1. The molecule has 1 unspecified atom stereocenters. The van der Waals surface area contributed by atoms with E-state index in [0.29, 0.717) is 0 Å². The van der Waals surface area contributed by atoms with Crippen LogP contribution in [0.2, 0.25) is 0 Å². The molecule has 3 heteroatoms. The molecule has 1 N–H and O–H groups in total. The van der Waals surface area contributed by atoms with Gasteiger partial charge in [-0.3, -0.25) is 0 Å². The van der Waals surface area contributed by atoms with Gasteiger partial charge in [0.2, 0.25) is 0 Å². The van der Waals surface area contributed by atoms with Crippen LogP contribution in [0.15, 0.2) is 0 Å². The van der Waals surface area contributed by atoms with Gasteiger partial charge in [0.1, 0.15) is 5.54 Å². The van der Waals surface area contributed by atoms with Crippen molar-refractivity contribution in [2.45, 2.75) is 51.0 Å². The van der Waals surface area contributed by atoms with Crippen molar-refractivity contribution < 1.29 is 0 Å². The molecule has 2 saturated carbocycles. The molecule has 0 saturated heterocycles. The van der Waals surface area contributed by atoms with Crippen LogP contribution in [-0.4, -0.2) is 37.1 Å². The minimum absolute atomic E-state index is 0.342. The Kier molecular flexibility index (Phi) is 4.64. The lowest BCUT2D eigenvalue weighted by Crippen LogP contribution is -2.39. The van der Waals surface area contributed by atoms with Crippen molar-refractivity contribution in [1.82, 2.24) is 10.2 Å². The zero-order valence-electron chi connectivity index (χ0n) is 11.9. The van der Waals surface area contributed by atoms with Gasteiger partial charge in [-0.05, 0) is 70.9 Å². The Labute approximate surface area is 112 Å². The van der Waals surface area contributed by atoms with Gasteiger partial charge in [-0.1, -0.05) is 0 Å². The lowest BCUT2D eigenvalue weighted by Gasteiger charge is -2.25. The normalized spacial score (nSPS) is 22.8. The first-order valence-corrected chi connectivity index (χ1v) is 7.48. The van der Waals surface area contributed by atoms with Gasteiger partial charge in [-0.2, -0.15) is 5.26 Å². The van der Waals surface area contributed by atoms with Gasteiger partial charge in [0.05, 0.1) is 6.07 Å². The van der Waals surface area contributed by atoms with Crippen molar-refractivity contribution >= 4 is 0 Å². The van der Waals surface area contributed by atoms with Crippen LogP contribution in [0.4, 0.5) is 0 Å². The van der Waals surface area contributed by atoms with E-state index in [0.717, 1.165) is 24.7 Å². The van der Waals surface area contributed by atoms with Gasteiger partial charge in [0, 0.05) is 13.1 Å². The molecule has 0 bridgehead atoms. The zero-order valence-corrected chi connectivity index (χ0v) is 11.9. The molecule has 18 heavy (non-hydrogen) atoms. The third-order valence-electron chi connectivity index (χ3n) is 4.38. The molecule has 2 rings (SSSR count). The molecule has 0 spiro atoms. The highest BCUT2D eigenvalue weighted by Crippen LogP contribution is 2.33. The zero-order chi connectivity index (χ0) is 13.0. The summed E-state index contributed by atoms with van der Waals surface area (Å²) in [5.41, 5.74) is -0.342. The molecule has 0 aromatic carbocycles. The van der Waals surface area contributed by atoms with Crippen LogP contribution in [0.25, 0.3) is 0 Å². The largest absolute Gasteiger partial charge is 0.303 e. The maximum atomic E-state index is 9.14. The highest BCUT2D eigenvalue weighted by molar-refractivity contribution is 5.02. The summed E-state index contributed by atoms with van der Waals surface area (Å²) in [7, 11) is 1.88. The van der Waals surface area contributed by atoms with Gasteiger partial charge < -0.3 is 10.2 Å². The standard InChI is InChI=1S/C15H27N3/c1-15(12-16,17-2)8-3-9-18(10-13-4-5-13)11-14-6-7-14/h13-14,17H,3-11H2,1-2H3. The minimum atomic E-state index is -0.342. The lowest BCUT2D eigenvalue weighted by molar-refractivity contribution is 0.240. The summed E-state index contributed by atoms with van der Waals surface area (Å²) in [4.78, 5) is 2.66. The third kappa shape index (κ3) is 4.59.